The van der Waals surface area contributed by atoms with Crippen LogP contribution in [0.25, 0.3) is 0 Å². The van der Waals surface area contributed by atoms with Crippen LogP contribution in [-0.2, 0) is 20.0 Å². The van der Waals surface area contributed by atoms with Crippen LogP contribution in [0.1, 0.15) is 0 Å². The number of benzene rings is 4. The Labute approximate surface area is 253 Å². The van der Waals surface area contributed by atoms with Gasteiger partial charge >= 0.3 is 0 Å². The quantitative estimate of drug-likeness (QED) is 0.0814. The predicted octanol–water partition coefficient (Wildman–Crippen LogP) is 7.55. The first-order chi connectivity index (χ1) is 19.5. The third-order valence-electron chi connectivity index (χ3n) is 5.05. The van der Waals surface area contributed by atoms with Crippen LogP contribution >= 0.6 is 35.3 Å². The average molecular weight is 649 g/mol. The highest BCUT2D eigenvalue weighted by atomic mass is 32.2. The highest BCUT2D eigenvalue weighted by Crippen LogP contribution is 2.37. The minimum atomic E-state index is -3.50. The molecule has 41 heavy (non-hydrogen) atoms. The molecule has 8 nitrogen and oxygen atoms in total. The molecule has 0 aliphatic carbocycles. The van der Waals surface area contributed by atoms with Crippen molar-refractivity contribution < 1.29 is 26.3 Å². The maximum atomic E-state index is 11.9. The zero-order chi connectivity index (χ0) is 29.3. The third kappa shape index (κ3) is 10.7. The molecule has 0 spiro atoms. The molecule has 0 aliphatic rings. The van der Waals surface area contributed by atoms with E-state index in [-0.39, 0.29) is 0 Å². The lowest BCUT2D eigenvalue weighted by Gasteiger charge is -2.14. The molecule has 0 aromatic heterocycles. The van der Waals surface area contributed by atoms with Crippen LogP contribution in [0.4, 0.5) is 11.4 Å². The molecule has 0 bridgehead atoms. The molecule has 0 saturated carbocycles. The van der Waals surface area contributed by atoms with Gasteiger partial charge in [-0.1, -0.05) is 36.4 Å². The molecule has 0 aliphatic heterocycles. The van der Waals surface area contributed by atoms with Crippen LogP contribution in [-0.4, -0.2) is 39.5 Å². The van der Waals surface area contributed by atoms with E-state index in [0.717, 1.165) is 22.3 Å². The largest absolute Gasteiger partial charge is 0.455 e. The molecule has 0 unspecified atom stereocenters. The SMILES string of the molecule is CS(=O)(=O)Nc1cc(SCSCSc2ccc(Oc3ccccc3)c(NS(C)(=O)=O)c2)ccc1Oc1ccccc1. The second-order valence-corrected chi connectivity index (χ2v) is 15.9. The predicted molar refractivity (Wildman–Crippen MR) is 172 cm³/mol. The van der Waals surface area contributed by atoms with E-state index in [1.165, 1.54) is 0 Å². The van der Waals surface area contributed by atoms with E-state index in [9.17, 15) is 16.8 Å². The lowest BCUT2D eigenvalue weighted by atomic mass is 10.3. The Hall–Kier alpha value is -2.97. The van der Waals surface area contributed by atoms with E-state index in [1.54, 1.807) is 83.8 Å². The number of hydrogen-bond acceptors (Lipinski definition) is 9. The Morgan fingerprint density at radius 2 is 0.976 bits per heavy atom. The Bertz CT molecular complexity index is 1540. The Balaban J connectivity index is 1.36. The summed E-state index contributed by atoms with van der Waals surface area (Å²) in [5.74, 6) is 2.03. The molecule has 4 aromatic rings. The lowest BCUT2D eigenvalue weighted by Crippen LogP contribution is -2.10. The second-order valence-electron chi connectivity index (χ2n) is 8.62. The van der Waals surface area contributed by atoms with Gasteiger partial charge in [-0.3, -0.25) is 9.44 Å². The van der Waals surface area contributed by atoms with Gasteiger partial charge in [0.05, 0.1) is 23.9 Å². The van der Waals surface area contributed by atoms with E-state index in [2.05, 4.69) is 9.44 Å². The molecule has 216 valence electrons. The molecular formula is C28H28N2O6S5. The summed E-state index contributed by atoms with van der Waals surface area (Å²) in [6.07, 6.45) is 2.20. The number of nitrogens with one attached hydrogen (secondary N) is 2. The Morgan fingerprint density at radius 1 is 0.585 bits per heavy atom. The minimum absolute atomic E-state index is 0.365. The van der Waals surface area contributed by atoms with Crippen molar-refractivity contribution in [2.24, 2.45) is 0 Å². The highest BCUT2D eigenvalue weighted by Gasteiger charge is 2.13. The van der Waals surface area contributed by atoms with Crippen molar-refractivity contribution in [1.29, 1.82) is 0 Å². The van der Waals surface area contributed by atoms with Crippen LogP contribution in [0.3, 0.4) is 0 Å². The first-order valence-corrected chi connectivity index (χ1v) is 19.0. The maximum absolute atomic E-state index is 11.9. The van der Waals surface area contributed by atoms with Crippen molar-refractivity contribution in [3.63, 3.8) is 0 Å². The maximum Gasteiger partial charge on any atom is 0.229 e. The Morgan fingerprint density at radius 3 is 1.34 bits per heavy atom. The van der Waals surface area contributed by atoms with Gasteiger partial charge in [0.1, 0.15) is 11.5 Å². The normalized spacial score (nSPS) is 11.6. The van der Waals surface area contributed by atoms with E-state index in [0.29, 0.717) is 44.5 Å². The smallest absolute Gasteiger partial charge is 0.229 e. The van der Waals surface area contributed by atoms with Crippen molar-refractivity contribution in [3.05, 3.63) is 97.1 Å². The van der Waals surface area contributed by atoms with E-state index in [1.807, 2.05) is 48.5 Å². The zero-order valence-electron chi connectivity index (χ0n) is 22.1. The van der Waals surface area contributed by atoms with Gasteiger partial charge in [-0.05, 0) is 60.7 Å². The number of hydrogen-bond donors (Lipinski definition) is 2. The fourth-order valence-corrected chi connectivity index (χ4v) is 7.91. The average Bonchev–Trinajstić information content (AvgIpc) is 2.91. The fourth-order valence-electron chi connectivity index (χ4n) is 3.42. The summed E-state index contributed by atoms with van der Waals surface area (Å²) in [7, 11) is -7.01. The van der Waals surface area contributed by atoms with Crippen LogP contribution in [0.2, 0.25) is 0 Å². The number of sulfonamides is 2. The first-order valence-electron chi connectivity index (χ1n) is 12.1. The van der Waals surface area contributed by atoms with Crippen molar-refractivity contribution in [2.45, 2.75) is 9.79 Å². The van der Waals surface area contributed by atoms with Crippen LogP contribution < -0.4 is 18.9 Å². The number of thioether (sulfide) groups is 3. The second kappa shape index (κ2) is 14.3. The molecule has 13 heteroatoms. The number of anilines is 2. The number of ether oxygens (including phenoxy) is 2. The van der Waals surface area contributed by atoms with Gasteiger partial charge in [-0.15, -0.1) is 35.3 Å². The van der Waals surface area contributed by atoms with Crippen molar-refractivity contribution >= 4 is 66.7 Å². The monoisotopic (exact) mass is 648 g/mol. The van der Waals surface area contributed by atoms with Crippen molar-refractivity contribution in [2.75, 3.05) is 32.1 Å². The third-order valence-corrected chi connectivity index (χ3v) is 9.68. The molecule has 0 saturated heterocycles. The van der Waals surface area contributed by atoms with Gasteiger partial charge in [0.15, 0.2) is 11.5 Å². The molecule has 0 heterocycles. The van der Waals surface area contributed by atoms with Gasteiger partial charge in [-0.25, -0.2) is 16.8 Å². The van der Waals surface area contributed by atoms with Crippen LogP contribution in [0.5, 0.6) is 23.0 Å². The molecule has 0 amide bonds. The standard InChI is InChI=1S/C28H28N2O6S5/c1-40(31,32)29-25-17-23(13-15-27(25)35-21-9-5-3-6-10-21)38-19-37-20-39-24-14-16-28(26(18-24)30-41(2,33)34)36-22-11-7-4-8-12-22/h3-18,29-30H,19-20H2,1-2H3. The number of rotatable bonds is 14. The van der Waals surface area contributed by atoms with Gasteiger partial charge in [0, 0.05) is 20.0 Å². The van der Waals surface area contributed by atoms with Crippen molar-refractivity contribution in [1.82, 2.24) is 0 Å². The molecule has 0 radical (unpaired) electrons. The molecule has 0 fully saturated rings. The summed E-state index contributed by atoms with van der Waals surface area (Å²) in [6.45, 7) is 0. The zero-order valence-corrected chi connectivity index (χ0v) is 26.2. The van der Waals surface area contributed by atoms with E-state index < -0.39 is 20.0 Å². The topological polar surface area (TPSA) is 111 Å². The molecule has 2 N–H and O–H groups in total. The Kier molecular flexibility index (Phi) is 10.8. The van der Waals surface area contributed by atoms with Gasteiger partial charge in [-0.2, -0.15) is 0 Å². The summed E-state index contributed by atoms with van der Waals surface area (Å²) < 4.78 is 64.6. The molecule has 0 atom stereocenters. The van der Waals surface area contributed by atoms with Gasteiger partial charge in [0.2, 0.25) is 20.0 Å². The summed E-state index contributed by atoms with van der Waals surface area (Å²) in [6, 6.07) is 29.1. The summed E-state index contributed by atoms with van der Waals surface area (Å²) in [5.41, 5.74) is 0.730. The van der Waals surface area contributed by atoms with Crippen LogP contribution in [0, 0.1) is 0 Å². The lowest BCUT2D eigenvalue weighted by molar-refractivity contribution is 0.484. The van der Waals surface area contributed by atoms with Crippen LogP contribution in [0.15, 0.2) is 107 Å². The minimum Gasteiger partial charge on any atom is -0.455 e. The molecular weight excluding hydrogens is 621 g/mol. The summed E-state index contributed by atoms with van der Waals surface area (Å²) >= 11 is 4.83. The first kappa shape index (κ1) is 31.0. The van der Waals surface area contributed by atoms with E-state index in [4.69, 9.17) is 9.47 Å². The molecule has 4 aromatic carbocycles. The van der Waals surface area contributed by atoms with Crippen molar-refractivity contribution in [3.8, 4) is 23.0 Å². The summed E-state index contributed by atoms with van der Waals surface area (Å²) in [4.78, 5) is 1.77. The van der Waals surface area contributed by atoms with Gasteiger partial charge < -0.3 is 9.47 Å². The number of para-hydroxylation sites is 2. The molecule has 4 rings (SSSR count). The summed E-state index contributed by atoms with van der Waals surface area (Å²) in [5, 5.41) is 1.43. The van der Waals surface area contributed by atoms with E-state index >= 15 is 0 Å². The van der Waals surface area contributed by atoms with Gasteiger partial charge in [0.25, 0.3) is 0 Å². The highest BCUT2D eigenvalue weighted by molar-refractivity contribution is 8.22. The fraction of sp³-hybridized carbons (Fsp3) is 0.143.